The fourth-order valence-electron chi connectivity index (χ4n) is 4.03. The van der Waals surface area contributed by atoms with E-state index in [1.54, 1.807) is 43.5 Å². The van der Waals surface area contributed by atoms with Gasteiger partial charge >= 0.3 is 0 Å². The minimum absolute atomic E-state index is 0.0524. The molecule has 0 radical (unpaired) electrons. The molecule has 1 aliphatic heterocycles. The second kappa shape index (κ2) is 10.6. The van der Waals surface area contributed by atoms with Crippen LogP contribution in [-0.4, -0.2) is 49.7 Å². The second-order valence-electron chi connectivity index (χ2n) is 7.93. The average molecular weight is 471 g/mol. The van der Waals surface area contributed by atoms with Gasteiger partial charge < -0.3 is 23.5 Å². The highest BCUT2D eigenvalue weighted by molar-refractivity contribution is 6.30. The maximum absolute atomic E-state index is 12.9. The van der Waals surface area contributed by atoms with Crippen molar-refractivity contribution in [3.8, 4) is 17.2 Å². The summed E-state index contributed by atoms with van der Waals surface area (Å²) in [6.07, 6.45) is 4.17. The molecule has 0 unspecified atom stereocenters. The Bertz CT molecular complexity index is 1080. The van der Waals surface area contributed by atoms with E-state index >= 15 is 0 Å². The van der Waals surface area contributed by atoms with Crippen molar-refractivity contribution in [3.05, 3.63) is 70.9 Å². The smallest absolute Gasteiger partial charge is 0.260 e. The van der Waals surface area contributed by atoms with Gasteiger partial charge in [-0.2, -0.15) is 0 Å². The highest BCUT2D eigenvalue weighted by Gasteiger charge is 2.28. The molecule has 1 amide bonds. The SMILES string of the molecule is COc1cccc(OC)c1OCC(=O)N1CCC[C@H](c2ncc(Cc3cccc(Cl)c3)o2)C1. The van der Waals surface area contributed by atoms with E-state index in [0.717, 1.165) is 24.2 Å². The van der Waals surface area contributed by atoms with Crippen LogP contribution >= 0.6 is 11.6 Å². The number of para-hydroxylation sites is 1. The number of amides is 1. The lowest BCUT2D eigenvalue weighted by Gasteiger charge is -2.31. The van der Waals surface area contributed by atoms with Gasteiger partial charge in [0.15, 0.2) is 24.0 Å². The normalized spacial score (nSPS) is 15.8. The summed E-state index contributed by atoms with van der Waals surface area (Å²) in [4.78, 5) is 19.2. The van der Waals surface area contributed by atoms with Crippen LogP contribution in [-0.2, 0) is 11.2 Å². The lowest BCUT2D eigenvalue weighted by Crippen LogP contribution is -2.41. The average Bonchev–Trinajstić information content (AvgIpc) is 3.30. The first-order valence-corrected chi connectivity index (χ1v) is 11.3. The molecule has 2 aromatic carbocycles. The van der Waals surface area contributed by atoms with Crippen molar-refractivity contribution >= 4 is 17.5 Å². The van der Waals surface area contributed by atoms with Gasteiger partial charge in [0.2, 0.25) is 5.75 Å². The first-order chi connectivity index (χ1) is 16.1. The van der Waals surface area contributed by atoms with Crippen molar-refractivity contribution in [2.24, 2.45) is 0 Å². The number of methoxy groups -OCH3 is 2. The summed E-state index contributed by atoms with van der Waals surface area (Å²) in [6.45, 7) is 1.12. The molecule has 174 valence electrons. The largest absolute Gasteiger partial charge is 0.493 e. The van der Waals surface area contributed by atoms with E-state index in [2.05, 4.69) is 4.98 Å². The van der Waals surface area contributed by atoms with Crippen molar-refractivity contribution in [2.45, 2.75) is 25.2 Å². The van der Waals surface area contributed by atoms with Crippen molar-refractivity contribution < 1.29 is 23.4 Å². The minimum atomic E-state index is -0.102. The number of carbonyl (C=O) groups excluding carboxylic acids is 1. The Labute approximate surface area is 198 Å². The molecule has 0 N–H and O–H groups in total. The van der Waals surface area contributed by atoms with Gasteiger partial charge in [-0.1, -0.05) is 29.8 Å². The van der Waals surface area contributed by atoms with E-state index in [4.69, 9.17) is 30.2 Å². The summed E-state index contributed by atoms with van der Waals surface area (Å²) < 4.78 is 22.5. The predicted molar refractivity (Wildman–Crippen MR) is 124 cm³/mol. The predicted octanol–water partition coefficient (Wildman–Crippen LogP) is 4.72. The Hall–Kier alpha value is -3.19. The zero-order chi connectivity index (χ0) is 23.2. The van der Waals surface area contributed by atoms with Crippen LogP contribution in [0, 0.1) is 0 Å². The Balaban J connectivity index is 1.37. The number of oxazole rings is 1. The molecular weight excluding hydrogens is 444 g/mol. The third kappa shape index (κ3) is 5.60. The molecule has 1 saturated heterocycles. The minimum Gasteiger partial charge on any atom is -0.493 e. The van der Waals surface area contributed by atoms with Gasteiger partial charge in [-0.15, -0.1) is 0 Å². The van der Waals surface area contributed by atoms with Gasteiger partial charge in [-0.05, 0) is 42.7 Å². The second-order valence-corrected chi connectivity index (χ2v) is 8.37. The Morgan fingerprint density at radius 3 is 2.67 bits per heavy atom. The highest BCUT2D eigenvalue weighted by Crippen LogP contribution is 2.37. The highest BCUT2D eigenvalue weighted by atomic mass is 35.5. The molecule has 33 heavy (non-hydrogen) atoms. The van der Waals surface area contributed by atoms with E-state index in [-0.39, 0.29) is 18.4 Å². The molecule has 8 heteroatoms. The number of halogens is 1. The topological polar surface area (TPSA) is 74.0 Å². The van der Waals surface area contributed by atoms with Crippen molar-refractivity contribution in [3.63, 3.8) is 0 Å². The molecule has 0 aliphatic carbocycles. The van der Waals surface area contributed by atoms with Gasteiger partial charge in [0.05, 0.1) is 26.3 Å². The van der Waals surface area contributed by atoms with Gasteiger partial charge in [0.1, 0.15) is 5.76 Å². The number of piperidine rings is 1. The fourth-order valence-corrected chi connectivity index (χ4v) is 4.24. The molecule has 1 aliphatic rings. The first-order valence-electron chi connectivity index (χ1n) is 10.9. The zero-order valence-electron chi connectivity index (χ0n) is 18.8. The number of rotatable bonds is 8. The number of carbonyl (C=O) groups is 1. The first kappa shape index (κ1) is 23.0. The van der Waals surface area contributed by atoms with Crippen LogP contribution < -0.4 is 14.2 Å². The van der Waals surface area contributed by atoms with Crippen LogP contribution in [0.1, 0.15) is 36.0 Å². The Morgan fingerprint density at radius 1 is 1.18 bits per heavy atom. The van der Waals surface area contributed by atoms with Crippen LogP contribution in [0.5, 0.6) is 17.2 Å². The van der Waals surface area contributed by atoms with E-state index in [1.807, 2.05) is 24.3 Å². The summed E-state index contributed by atoms with van der Waals surface area (Å²) >= 11 is 6.07. The molecule has 4 rings (SSSR count). The molecule has 1 atom stereocenters. The van der Waals surface area contributed by atoms with E-state index in [0.29, 0.717) is 47.7 Å². The standard InChI is InChI=1S/C25H27ClN2O5/c1-30-21-9-4-10-22(31-2)24(21)32-16-23(29)28-11-5-7-18(15-28)25-27-14-20(33-25)13-17-6-3-8-19(26)12-17/h3-4,6,8-10,12,14,18H,5,7,11,13,15-16H2,1-2H3/t18-/m0/s1. The lowest BCUT2D eigenvalue weighted by molar-refractivity contribution is -0.134. The maximum atomic E-state index is 12.9. The number of benzene rings is 2. The van der Waals surface area contributed by atoms with Gasteiger partial charge in [-0.3, -0.25) is 4.79 Å². The van der Waals surface area contributed by atoms with Crippen LogP contribution in [0.15, 0.2) is 53.1 Å². The Kier molecular flexibility index (Phi) is 7.40. The van der Waals surface area contributed by atoms with Gasteiger partial charge in [0, 0.05) is 24.5 Å². The summed E-state index contributed by atoms with van der Waals surface area (Å²) in [7, 11) is 3.10. The monoisotopic (exact) mass is 470 g/mol. The van der Waals surface area contributed by atoms with Crippen LogP contribution in [0.2, 0.25) is 5.02 Å². The number of likely N-dealkylation sites (tertiary alicyclic amines) is 1. The van der Waals surface area contributed by atoms with Gasteiger partial charge in [0.25, 0.3) is 5.91 Å². The Morgan fingerprint density at radius 2 is 1.94 bits per heavy atom. The maximum Gasteiger partial charge on any atom is 0.260 e. The van der Waals surface area contributed by atoms with Crippen molar-refractivity contribution in [2.75, 3.05) is 33.9 Å². The number of ether oxygens (including phenoxy) is 3. The van der Waals surface area contributed by atoms with Crippen LogP contribution in [0.4, 0.5) is 0 Å². The molecule has 0 bridgehead atoms. The quantitative estimate of drug-likeness (QED) is 0.474. The molecule has 1 fully saturated rings. The third-order valence-corrected chi connectivity index (χ3v) is 5.92. The summed E-state index contributed by atoms with van der Waals surface area (Å²) in [5, 5.41) is 0.696. The zero-order valence-corrected chi connectivity index (χ0v) is 19.5. The number of hydrogen-bond acceptors (Lipinski definition) is 6. The lowest BCUT2D eigenvalue weighted by atomic mass is 9.98. The number of hydrogen-bond donors (Lipinski definition) is 0. The van der Waals surface area contributed by atoms with Gasteiger partial charge in [-0.25, -0.2) is 4.98 Å². The molecule has 1 aromatic heterocycles. The summed E-state index contributed by atoms with van der Waals surface area (Å²) in [5.74, 6) is 2.85. The number of nitrogens with zero attached hydrogens (tertiary/aromatic N) is 2. The molecular formula is C25H27ClN2O5. The van der Waals surface area contributed by atoms with E-state index in [1.165, 1.54) is 0 Å². The molecule has 0 spiro atoms. The summed E-state index contributed by atoms with van der Waals surface area (Å²) in [5.41, 5.74) is 1.06. The molecule has 0 saturated carbocycles. The number of aromatic nitrogens is 1. The van der Waals surface area contributed by atoms with Crippen LogP contribution in [0.3, 0.4) is 0 Å². The van der Waals surface area contributed by atoms with E-state index < -0.39 is 0 Å². The van der Waals surface area contributed by atoms with Crippen molar-refractivity contribution in [1.82, 2.24) is 9.88 Å². The summed E-state index contributed by atoms with van der Waals surface area (Å²) in [6, 6.07) is 13.0. The third-order valence-electron chi connectivity index (χ3n) is 5.68. The molecule has 3 aromatic rings. The fraction of sp³-hybridized carbons (Fsp3) is 0.360. The van der Waals surface area contributed by atoms with Crippen LogP contribution in [0.25, 0.3) is 0 Å². The van der Waals surface area contributed by atoms with E-state index in [9.17, 15) is 4.79 Å². The molecule has 2 heterocycles. The van der Waals surface area contributed by atoms with Crippen molar-refractivity contribution in [1.29, 1.82) is 0 Å². The molecule has 7 nitrogen and oxygen atoms in total.